The van der Waals surface area contributed by atoms with Crippen LogP contribution in [0.2, 0.25) is 0 Å². The fourth-order valence-electron chi connectivity index (χ4n) is 4.05. The number of nitrogens with two attached hydrogens (primary N) is 1. The van der Waals surface area contributed by atoms with E-state index in [9.17, 15) is 4.79 Å². The van der Waals surface area contributed by atoms with Crippen LogP contribution in [0.25, 0.3) is 21.9 Å². The van der Waals surface area contributed by atoms with Crippen molar-refractivity contribution in [2.24, 2.45) is 0 Å². The molecule has 8 heteroatoms. The van der Waals surface area contributed by atoms with Gasteiger partial charge in [-0.3, -0.25) is 4.79 Å². The third kappa shape index (κ3) is 3.85. The molecule has 0 saturated carbocycles. The third-order valence-corrected chi connectivity index (χ3v) is 5.46. The Morgan fingerprint density at radius 1 is 1.17 bits per heavy atom. The zero-order valence-corrected chi connectivity index (χ0v) is 17.7. The number of hydrogen-bond donors (Lipinski definition) is 1. The predicted molar refractivity (Wildman–Crippen MR) is 117 cm³/mol. The van der Waals surface area contributed by atoms with E-state index in [4.69, 9.17) is 20.2 Å². The van der Waals surface area contributed by atoms with Gasteiger partial charge >= 0.3 is 0 Å². The minimum atomic E-state index is 0.156. The number of carbonyl (C=O) groups excluding carboxylic acids is 1. The quantitative estimate of drug-likeness (QED) is 0.543. The molecule has 1 amide bonds. The van der Waals surface area contributed by atoms with E-state index in [1.807, 2.05) is 36.9 Å². The van der Waals surface area contributed by atoms with Gasteiger partial charge < -0.3 is 24.7 Å². The molecule has 30 heavy (non-hydrogen) atoms. The summed E-state index contributed by atoms with van der Waals surface area (Å²) in [4.78, 5) is 23.3. The van der Waals surface area contributed by atoms with Crippen molar-refractivity contribution in [1.82, 2.24) is 14.5 Å². The Balaban J connectivity index is 1.81. The van der Waals surface area contributed by atoms with Gasteiger partial charge in [0.2, 0.25) is 5.91 Å². The topological polar surface area (TPSA) is 95.5 Å². The van der Waals surface area contributed by atoms with Crippen LogP contribution in [0.3, 0.4) is 0 Å². The van der Waals surface area contributed by atoms with E-state index < -0.39 is 0 Å². The van der Waals surface area contributed by atoms with Crippen LogP contribution in [0.15, 0.2) is 18.2 Å². The normalized spacial score (nSPS) is 14.5. The number of ether oxygens (including phenoxy) is 2. The molecule has 2 aromatic heterocycles. The number of aromatic nitrogens is 3. The molecule has 1 saturated heterocycles. The number of nitrogen functional groups attached to an aromatic ring is 1. The number of amides is 1. The molecule has 0 atom stereocenters. The second-order valence-electron chi connectivity index (χ2n) is 7.41. The number of imidazole rings is 1. The Kier molecular flexibility index (Phi) is 6.15. The highest BCUT2D eigenvalue weighted by atomic mass is 16.5. The van der Waals surface area contributed by atoms with Gasteiger partial charge in [-0.2, -0.15) is 0 Å². The summed E-state index contributed by atoms with van der Waals surface area (Å²) in [5.74, 6) is 1.38. The second-order valence-corrected chi connectivity index (χ2v) is 7.41. The lowest BCUT2D eigenvalue weighted by molar-refractivity contribution is -0.117. The molecule has 4 rings (SSSR count). The summed E-state index contributed by atoms with van der Waals surface area (Å²) >= 11 is 0. The van der Waals surface area contributed by atoms with Crippen LogP contribution in [-0.4, -0.2) is 46.8 Å². The van der Waals surface area contributed by atoms with Gasteiger partial charge in [0, 0.05) is 50.4 Å². The third-order valence-electron chi connectivity index (χ3n) is 5.46. The van der Waals surface area contributed by atoms with Crippen molar-refractivity contribution in [3.8, 4) is 0 Å². The van der Waals surface area contributed by atoms with E-state index in [-0.39, 0.29) is 5.91 Å². The molecule has 3 aromatic rings. The molecule has 0 spiro atoms. The Morgan fingerprint density at radius 3 is 2.73 bits per heavy atom. The van der Waals surface area contributed by atoms with E-state index in [2.05, 4.69) is 9.55 Å². The maximum absolute atomic E-state index is 12.2. The van der Waals surface area contributed by atoms with Crippen LogP contribution >= 0.6 is 0 Å². The smallest absolute Gasteiger partial charge is 0.227 e. The van der Waals surface area contributed by atoms with E-state index >= 15 is 0 Å². The van der Waals surface area contributed by atoms with E-state index in [1.54, 1.807) is 0 Å². The first-order valence-electron chi connectivity index (χ1n) is 10.7. The first-order valence-corrected chi connectivity index (χ1v) is 10.7. The minimum absolute atomic E-state index is 0.156. The summed E-state index contributed by atoms with van der Waals surface area (Å²) < 4.78 is 13.3. The lowest BCUT2D eigenvalue weighted by Crippen LogP contribution is -2.23. The molecular formula is C22H29N5O3. The molecule has 160 valence electrons. The summed E-state index contributed by atoms with van der Waals surface area (Å²) in [5.41, 5.74) is 9.60. The van der Waals surface area contributed by atoms with Gasteiger partial charge in [0.25, 0.3) is 0 Å². The zero-order valence-electron chi connectivity index (χ0n) is 17.7. The summed E-state index contributed by atoms with van der Waals surface area (Å²) in [5, 5.41) is 0.973. The first-order chi connectivity index (χ1) is 14.6. The largest absolute Gasteiger partial charge is 0.382 e. The highest BCUT2D eigenvalue weighted by Crippen LogP contribution is 2.32. The number of benzene rings is 1. The van der Waals surface area contributed by atoms with Gasteiger partial charge in [-0.25, -0.2) is 9.97 Å². The van der Waals surface area contributed by atoms with Crippen molar-refractivity contribution in [3.05, 3.63) is 24.0 Å². The minimum Gasteiger partial charge on any atom is -0.382 e. The number of nitrogens with zero attached hydrogens (tertiary/aromatic N) is 4. The maximum Gasteiger partial charge on any atom is 0.227 e. The Hall–Kier alpha value is -2.71. The molecule has 8 nitrogen and oxygen atoms in total. The molecule has 0 bridgehead atoms. The average molecular weight is 412 g/mol. The predicted octanol–water partition coefficient (Wildman–Crippen LogP) is 3.26. The van der Waals surface area contributed by atoms with Crippen molar-refractivity contribution in [3.63, 3.8) is 0 Å². The van der Waals surface area contributed by atoms with Crippen LogP contribution in [0.1, 0.15) is 38.9 Å². The molecule has 0 aliphatic carbocycles. The SMILES string of the molecule is CCOCCCn1c(COCC)nc2c(N)nc3cc(N4CCCC4=O)ccc3c21. The van der Waals surface area contributed by atoms with Gasteiger partial charge in [-0.1, -0.05) is 0 Å². The van der Waals surface area contributed by atoms with E-state index in [1.165, 1.54) is 0 Å². The number of hydrogen-bond acceptors (Lipinski definition) is 6. The molecule has 0 unspecified atom stereocenters. The van der Waals surface area contributed by atoms with Crippen molar-refractivity contribution in [2.45, 2.75) is 46.3 Å². The molecule has 0 radical (unpaired) electrons. The monoisotopic (exact) mass is 411 g/mol. The van der Waals surface area contributed by atoms with Crippen molar-refractivity contribution in [1.29, 1.82) is 0 Å². The van der Waals surface area contributed by atoms with Gasteiger partial charge in [0.15, 0.2) is 5.82 Å². The highest BCUT2D eigenvalue weighted by Gasteiger charge is 2.23. The fraction of sp³-hybridized carbons (Fsp3) is 0.500. The van der Waals surface area contributed by atoms with E-state index in [0.717, 1.165) is 53.9 Å². The van der Waals surface area contributed by atoms with E-state index in [0.29, 0.717) is 44.2 Å². The van der Waals surface area contributed by atoms with Crippen molar-refractivity contribution in [2.75, 3.05) is 37.0 Å². The molecular weight excluding hydrogens is 382 g/mol. The lowest BCUT2D eigenvalue weighted by atomic mass is 10.1. The standard InChI is InChI=1S/C22H29N5O3/c1-3-29-12-6-11-27-18(14-30-4-2)25-20-21(27)16-9-8-15(13-17(16)24-22(20)23)26-10-5-7-19(26)28/h8-9,13H,3-7,10-12,14H2,1-2H3,(H2,23,24). The summed E-state index contributed by atoms with van der Waals surface area (Å²) in [6.07, 6.45) is 2.35. The first kappa shape index (κ1) is 20.6. The molecule has 1 aromatic carbocycles. The Bertz CT molecular complexity index is 1060. The average Bonchev–Trinajstić information content (AvgIpc) is 3.33. The van der Waals surface area contributed by atoms with Gasteiger partial charge in [-0.15, -0.1) is 0 Å². The summed E-state index contributed by atoms with van der Waals surface area (Å²) in [6, 6.07) is 5.97. The number of rotatable bonds is 9. The Labute approximate surface area is 176 Å². The summed E-state index contributed by atoms with van der Waals surface area (Å²) in [7, 11) is 0. The van der Waals surface area contributed by atoms with Crippen LogP contribution < -0.4 is 10.6 Å². The van der Waals surface area contributed by atoms with Crippen LogP contribution in [0, 0.1) is 0 Å². The molecule has 1 aliphatic rings. The Morgan fingerprint density at radius 2 is 2.00 bits per heavy atom. The highest BCUT2D eigenvalue weighted by molar-refractivity contribution is 6.08. The number of anilines is 2. The lowest BCUT2D eigenvalue weighted by Gasteiger charge is -2.17. The van der Waals surface area contributed by atoms with Gasteiger partial charge in [-0.05, 0) is 44.9 Å². The molecule has 1 aliphatic heterocycles. The number of aryl methyl sites for hydroxylation is 1. The molecule has 3 heterocycles. The molecule has 2 N–H and O–H groups in total. The van der Waals surface area contributed by atoms with Gasteiger partial charge in [0.1, 0.15) is 17.9 Å². The fourth-order valence-corrected chi connectivity index (χ4v) is 4.05. The van der Waals surface area contributed by atoms with Crippen molar-refractivity contribution < 1.29 is 14.3 Å². The maximum atomic E-state index is 12.2. The number of pyridine rings is 1. The zero-order chi connectivity index (χ0) is 21.1. The van der Waals surface area contributed by atoms with Crippen LogP contribution in [-0.2, 0) is 27.4 Å². The summed E-state index contributed by atoms with van der Waals surface area (Å²) in [6.45, 7) is 7.88. The number of fused-ring (bicyclic) bond motifs is 3. The second kappa shape index (κ2) is 8.97. The van der Waals surface area contributed by atoms with Crippen molar-refractivity contribution >= 4 is 39.3 Å². The van der Waals surface area contributed by atoms with Crippen LogP contribution in [0.5, 0.6) is 0 Å². The van der Waals surface area contributed by atoms with Gasteiger partial charge in [0.05, 0.1) is 11.0 Å². The number of carbonyl (C=O) groups is 1. The van der Waals surface area contributed by atoms with Crippen LogP contribution in [0.4, 0.5) is 11.5 Å². The molecule has 1 fully saturated rings.